The number of carboxylic acid groups (broad SMARTS) is 1. The third-order valence-corrected chi connectivity index (χ3v) is 5.74. The molecule has 8 nitrogen and oxygen atoms in total. The maximum atomic E-state index is 15.1. The molecule has 1 unspecified atom stereocenters. The van der Waals surface area contributed by atoms with Gasteiger partial charge in [0.1, 0.15) is 11.5 Å². The molecule has 0 aliphatic carbocycles. The maximum absolute atomic E-state index is 15.1. The van der Waals surface area contributed by atoms with Crippen molar-refractivity contribution in [2.24, 2.45) is 0 Å². The van der Waals surface area contributed by atoms with Gasteiger partial charge < -0.3 is 24.5 Å². The Kier molecular flexibility index (Phi) is 6.09. The summed E-state index contributed by atoms with van der Waals surface area (Å²) in [6, 6.07) is 8.25. The Labute approximate surface area is 184 Å². The van der Waals surface area contributed by atoms with Crippen LogP contribution in [0.5, 0.6) is 0 Å². The Hall–Kier alpha value is -3.46. The topological polar surface area (TPSA) is 96.2 Å². The Bertz CT molecular complexity index is 1180. The van der Waals surface area contributed by atoms with Crippen LogP contribution in [-0.2, 0) is 17.6 Å². The quantitative estimate of drug-likeness (QED) is 0.636. The van der Waals surface area contributed by atoms with Crippen molar-refractivity contribution in [1.82, 2.24) is 19.6 Å². The van der Waals surface area contributed by atoms with Crippen LogP contribution in [0.1, 0.15) is 28.5 Å². The zero-order valence-corrected chi connectivity index (χ0v) is 18.0. The highest BCUT2D eigenvalue weighted by Crippen LogP contribution is 2.30. The zero-order chi connectivity index (χ0) is 22.8. The van der Waals surface area contributed by atoms with Gasteiger partial charge in [0.05, 0.1) is 30.6 Å². The Morgan fingerprint density at radius 3 is 2.81 bits per heavy atom. The number of nitrogens with one attached hydrogen (secondary N) is 1. The molecule has 9 heteroatoms. The molecule has 2 N–H and O–H groups in total. The number of aromatic nitrogens is 2. The van der Waals surface area contributed by atoms with Crippen LogP contribution in [0.2, 0.25) is 0 Å². The molecule has 1 aliphatic rings. The molecule has 2 amide bonds. The minimum absolute atomic E-state index is 0.222. The average Bonchev–Trinajstić information content (AvgIpc) is 3.15. The lowest BCUT2D eigenvalue weighted by Crippen LogP contribution is -2.45. The molecule has 1 atom stereocenters. The van der Waals surface area contributed by atoms with Crippen molar-refractivity contribution in [3.63, 3.8) is 0 Å². The fourth-order valence-corrected chi connectivity index (χ4v) is 3.99. The number of halogens is 1. The molecule has 2 aromatic heterocycles. The SMILES string of the molecule is CCc1ccn2c(CC3CN(C(=O)O)CCO3)c(-c3ccc(C(=O)NC)cc3F)nc2c1. The number of benzene rings is 1. The molecule has 168 valence electrons. The molecular weight excluding hydrogens is 415 g/mol. The first kappa shape index (κ1) is 21.8. The number of ether oxygens (including phenoxy) is 1. The number of carbonyl (C=O) groups is 2. The van der Waals surface area contributed by atoms with Gasteiger partial charge in [0, 0.05) is 37.3 Å². The Balaban J connectivity index is 1.78. The number of morpholine rings is 1. The number of fused-ring (bicyclic) bond motifs is 1. The molecule has 1 fully saturated rings. The summed E-state index contributed by atoms with van der Waals surface area (Å²) in [5.41, 5.74) is 3.46. The predicted octanol–water partition coefficient (Wildman–Crippen LogP) is 2.98. The van der Waals surface area contributed by atoms with E-state index in [1.54, 1.807) is 12.1 Å². The van der Waals surface area contributed by atoms with Crippen LogP contribution in [-0.4, -0.2) is 64.2 Å². The number of hydrogen-bond donors (Lipinski definition) is 2. The summed E-state index contributed by atoms with van der Waals surface area (Å²) in [7, 11) is 1.49. The van der Waals surface area contributed by atoms with E-state index >= 15 is 4.39 Å². The van der Waals surface area contributed by atoms with Gasteiger partial charge in [-0.2, -0.15) is 0 Å². The lowest BCUT2D eigenvalue weighted by molar-refractivity contribution is -0.0214. The molecule has 3 aromatic rings. The van der Waals surface area contributed by atoms with Gasteiger partial charge in [0.15, 0.2) is 0 Å². The first-order valence-corrected chi connectivity index (χ1v) is 10.5. The van der Waals surface area contributed by atoms with Crippen molar-refractivity contribution in [1.29, 1.82) is 0 Å². The number of imidazole rings is 1. The van der Waals surface area contributed by atoms with Crippen LogP contribution >= 0.6 is 0 Å². The van der Waals surface area contributed by atoms with Crippen molar-refractivity contribution in [2.45, 2.75) is 25.9 Å². The summed E-state index contributed by atoms with van der Waals surface area (Å²) in [4.78, 5) is 29.3. The Morgan fingerprint density at radius 1 is 1.31 bits per heavy atom. The molecule has 0 radical (unpaired) electrons. The highest BCUT2D eigenvalue weighted by molar-refractivity contribution is 5.94. The van der Waals surface area contributed by atoms with Crippen molar-refractivity contribution in [3.05, 3.63) is 59.2 Å². The first-order valence-electron chi connectivity index (χ1n) is 10.5. The van der Waals surface area contributed by atoms with Gasteiger partial charge in [0.25, 0.3) is 5.91 Å². The zero-order valence-electron chi connectivity index (χ0n) is 18.0. The Morgan fingerprint density at radius 2 is 2.12 bits per heavy atom. The summed E-state index contributed by atoms with van der Waals surface area (Å²) in [5.74, 6) is -0.925. The van der Waals surface area contributed by atoms with E-state index in [0.717, 1.165) is 17.7 Å². The van der Waals surface area contributed by atoms with E-state index in [1.807, 2.05) is 29.7 Å². The molecule has 1 aliphatic heterocycles. The second kappa shape index (κ2) is 8.96. The number of carbonyl (C=O) groups excluding carboxylic acids is 1. The van der Waals surface area contributed by atoms with Gasteiger partial charge in [-0.05, 0) is 42.3 Å². The van der Waals surface area contributed by atoms with Crippen molar-refractivity contribution >= 4 is 17.6 Å². The summed E-state index contributed by atoms with van der Waals surface area (Å²) < 4.78 is 22.8. The highest BCUT2D eigenvalue weighted by Gasteiger charge is 2.27. The van der Waals surface area contributed by atoms with Crippen LogP contribution < -0.4 is 5.32 Å². The molecule has 1 saturated heterocycles. The normalized spacial score (nSPS) is 16.3. The number of aryl methyl sites for hydroxylation is 1. The second-order valence-electron chi connectivity index (χ2n) is 7.72. The fraction of sp³-hybridized carbons (Fsp3) is 0.348. The van der Waals surface area contributed by atoms with Crippen LogP contribution in [0.4, 0.5) is 9.18 Å². The van der Waals surface area contributed by atoms with Crippen LogP contribution in [0.25, 0.3) is 16.9 Å². The summed E-state index contributed by atoms with van der Waals surface area (Å²) in [5, 5.41) is 11.8. The number of amides is 2. The second-order valence-corrected chi connectivity index (χ2v) is 7.72. The van der Waals surface area contributed by atoms with Gasteiger partial charge in [-0.15, -0.1) is 0 Å². The average molecular weight is 440 g/mol. The molecule has 4 rings (SSSR count). The van der Waals surface area contributed by atoms with Gasteiger partial charge in [0.2, 0.25) is 0 Å². The lowest BCUT2D eigenvalue weighted by Gasteiger charge is -2.31. The van der Waals surface area contributed by atoms with Crippen molar-refractivity contribution in [2.75, 3.05) is 26.7 Å². The van der Waals surface area contributed by atoms with Crippen molar-refractivity contribution in [3.8, 4) is 11.3 Å². The monoisotopic (exact) mass is 440 g/mol. The van der Waals surface area contributed by atoms with Gasteiger partial charge in [-0.25, -0.2) is 14.2 Å². The molecule has 32 heavy (non-hydrogen) atoms. The summed E-state index contributed by atoms with van der Waals surface area (Å²) in [6.45, 7) is 2.90. The number of pyridine rings is 1. The summed E-state index contributed by atoms with van der Waals surface area (Å²) in [6.07, 6.45) is 1.73. The molecule has 0 saturated carbocycles. The maximum Gasteiger partial charge on any atom is 0.407 e. The predicted molar refractivity (Wildman–Crippen MR) is 116 cm³/mol. The largest absolute Gasteiger partial charge is 0.465 e. The van der Waals surface area contributed by atoms with E-state index in [1.165, 1.54) is 18.0 Å². The molecular formula is C23H25FN4O4. The fourth-order valence-electron chi connectivity index (χ4n) is 3.99. The van der Waals surface area contributed by atoms with E-state index < -0.39 is 11.9 Å². The van der Waals surface area contributed by atoms with Crippen LogP contribution in [0.3, 0.4) is 0 Å². The smallest absolute Gasteiger partial charge is 0.407 e. The van der Waals surface area contributed by atoms with Gasteiger partial charge in [-0.3, -0.25) is 4.79 Å². The van der Waals surface area contributed by atoms with E-state index in [4.69, 9.17) is 9.72 Å². The van der Waals surface area contributed by atoms with Gasteiger partial charge in [-0.1, -0.05) is 6.92 Å². The molecule has 0 bridgehead atoms. The van der Waals surface area contributed by atoms with E-state index in [2.05, 4.69) is 5.32 Å². The standard InChI is InChI=1S/C23H25FN4O4/c1-3-14-6-7-28-19(12-16-13-27(23(30)31)8-9-32-16)21(26-20(28)10-14)17-5-4-15(11-18(17)24)22(29)25-2/h4-7,10-11,16H,3,8-9,12-13H2,1-2H3,(H,25,29)(H,30,31). The van der Waals surface area contributed by atoms with Gasteiger partial charge >= 0.3 is 6.09 Å². The molecule has 0 spiro atoms. The molecule has 1 aromatic carbocycles. The van der Waals surface area contributed by atoms with E-state index in [0.29, 0.717) is 30.9 Å². The first-order chi connectivity index (χ1) is 15.4. The number of hydrogen-bond acceptors (Lipinski definition) is 4. The number of rotatable bonds is 5. The minimum atomic E-state index is -0.986. The van der Waals surface area contributed by atoms with Crippen molar-refractivity contribution < 1.29 is 23.8 Å². The lowest BCUT2D eigenvalue weighted by atomic mass is 10.0. The third-order valence-electron chi connectivity index (χ3n) is 5.74. The number of nitrogens with zero attached hydrogens (tertiary/aromatic N) is 3. The van der Waals surface area contributed by atoms with Crippen LogP contribution in [0.15, 0.2) is 36.5 Å². The summed E-state index contributed by atoms with van der Waals surface area (Å²) >= 11 is 0. The minimum Gasteiger partial charge on any atom is -0.465 e. The van der Waals surface area contributed by atoms with E-state index in [-0.39, 0.29) is 29.7 Å². The van der Waals surface area contributed by atoms with Crippen LogP contribution in [0, 0.1) is 5.82 Å². The molecule has 3 heterocycles. The third kappa shape index (κ3) is 4.16. The van der Waals surface area contributed by atoms with E-state index in [9.17, 15) is 14.7 Å². The highest BCUT2D eigenvalue weighted by atomic mass is 19.1.